The van der Waals surface area contributed by atoms with Crippen LogP contribution in [0.25, 0.3) is 16.6 Å². The van der Waals surface area contributed by atoms with Gasteiger partial charge in [-0.1, -0.05) is 24.3 Å². The monoisotopic (exact) mass is 413 g/mol. The van der Waals surface area contributed by atoms with Crippen molar-refractivity contribution < 1.29 is 4.92 Å². The van der Waals surface area contributed by atoms with Gasteiger partial charge < -0.3 is 4.90 Å². The molecular weight excluding hydrogens is 394 g/mol. The minimum atomic E-state index is -0.450. The molecule has 8 heteroatoms. The molecule has 0 amide bonds. The molecule has 0 radical (unpaired) electrons. The molecule has 0 saturated heterocycles. The van der Waals surface area contributed by atoms with Crippen LogP contribution in [-0.4, -0.2) is 26.0 Å². The lowest BCUT2D eigenvalue weighted by Gasteiger charge is -2.28. The first kappa shape index (κ1) is 18.9. The average molecular weight is 413 g/mol. The number of aromatic nitrogens is 3. The first-order chi connectivity index (χ1) is 15.0. The van der Waals surface area contributed by atoms with Crippen LogP contribution in [0.5, 0.6) is 0 Å². The summed E-state index contributed by atoms with van der Waals surface area (Å²) in [5.41, 5.74) is 4.15. The third-order valence-electron chi connectivity index (χ3n) is 5.70. The zero-order valence-electron chi connectivity index (χ0n) is 16.9. The maximum Gasteiger partial charge on any atom is 0.269 e. The van der Waals surface area contributed by atoms with Crippen molar-refractivity contribution in [2.45, 2.75) is 19.9 Å². The Morgan fingerprint density at radius 1 is 1.10 bits per heavy atom. The van der Waals surface area contributed by atoms with Crippen LogP contribution in [0.3, 0.4) is 0 Å². The molecule has 8 nitrogen and oxygen atoms in total. The summed E-state index contributed by atoms with van der Waals surface area (Å²) in [4.78, 5) is 34.9. The highest BCUT2D eigenvalue weighted by Crippen LogP contribution is 2.24. The molecule has 0 unspecified atom stereocenters. The second kappa shape index (κ2) is 7.32. The number of fused-ring (bicyclic) bond motifs is 2. The minimum absolute atomic E-state index is 0.00818. The molecule has 5 rings (SSSR count). The van der Waals surface area contributed by atoms with Gasteiger partial charge in [0.1, 0.15) is 0 Å². The van der Waals surface area contributed by atoms with Crippen molar-refractivity contribution in [2.75, 3.05) is 11.4 Å². The summed E-state index contributed by atoms with van der Waals surface area (Å²) in [6, 6.07) is 14.6. The fraction of sp³-hybridized carbons (Fsp3) is 0.174. The molecule has 2 aromatic carbocycles. The zero-order chi connectivity index (χ0) is 21.5. The number of nitrogens with zero attached hydrogens (tertiary/aromatic N) is 5. The van der Waals surface area contributed by atoms with E-state index in [0.29, 0.717) is 28.1 Å². The van der Waals surface area contributed by atoms with Crippen LogP contribution < -0.4 is 10.5 Å². The van der Waals surface area contributed by atoms with Gasteiger partial charge in [-0.05, 0) is 42.2 Å². The lowest BCUT2D eigenvalue weighted by Crippen LogP contribution is -2.32. The van der Waals surface area contributed by atoms with Gasteiger partial charge in [0.2, 0.25) is 5.95 Å². The van der Waals surface area contributed by atoms with Crippen LogP contribution in [0.15, 0.2) is 65.7 Å². The Kier molecular flexibility index (Phi) is 4.47. The Morgan fingerprint density at radius 3 is 2.68 bits per heavy atom. The fourth-order valence-electron chi connectivity index (χ4n) is 4.05. The van der Waals surface area contributed by atoms with Gasteiger partial charge >= 0.3 is 0 Å². The number of benzene rings is 2. The molecule has 0 aliphatic carbocycles. The van der Waals surface area contributed by atoms with Crippen LogP contribution in [0.4, 0.5) is 11.6 Å². The minimum Gasteiger partial charge on any atom is -0.336 e. The average Bonchev–Trinajstić information content (AvgIpc) is 2.79. The molecule has 1 aliphatic rings. The predicted octanol–water partition coefficient (Wildman–Crippen LogP) is 3.56. The van der Waals surface area contributed by atoms with Gasteiger partial charge in [0.15, 0.2) is 0 Å². The molecule has 31 heavy (non-hydrogen) atoms. The maximum absolute atomic E-state index is 13.1. The van der Waals surface area contributed by atoms with Gasteiger partial charge in [0.25, 0.3) is 11.2 Å². The lowest BCUT2D eigenvalue weighted by atomic mass is 10.0. The molecule has 3 heterocycles. The number of rotatable bonds is 3. The summed E-state index contributed by atoms with van der Waals surface area (Å²) in [7, 11) is 0. The normalized spacial score (nSPS) is 13.3. The SMILES string of the molecule is Cc1cc([N+](=O)[O-])ccc1-n1ccc2nc(N3CCc4ccccc4C3)ncc2c1=O. The molecule has 2 aromatic heterocycles. The van der Waals surface area contributed by atoms with Gasteiger partial charge in [-0.2, -0.15) is 0 Å². The van der Waals surface area contributed by atoms with E-state index in [1.807, 2.05) is 6.07 Å². The summed E-state index contributed by atoms with van der Waals surface area (Å²) < 4.78 is 1.47. The van der Waals surface area contributed by atoms with Crippen LogP contribution >= 0.6 is 0 Å². The number of nitro groups is 1. The molecule has 0 atom stereocenters. The fourth-order valence-corrected chi connectivity index (χ4v) is 4.05. The summed E-state index contributed by atoms with van der Waals surface area (Å²) in [5.74, 6) is 0.602. The van der Waals surface area contributed by atoms with Crippen molar-refractivity contribution in [2.24, 2.45) is 0 Å². The number of non-ortho nitro benzene ring substituents is 1. The Bertz CT molecular complexity index is 1400. The molecular formula is C23H19N5O3. The van der Waals surface area contributed by atoms with Gasteiger partial charge in [-0.3, -0.25) is 19.5 Å². The van der Waals surface area contributed by atoms with Crippen molar-refractivity contribution in [3.05, 3.63) is 98.1 Å². The topological polar surface area (TPSA) is 94.2 Å². The van der Waals surface area contributed by atoms with Crippen molar-refractivity contribution in [3.8, 4) is 5.69 Å². The molecule has 0 saturated carbocycles. The summed E-state index contributed by atoms with van der Waals surface area (Å²) >= 11 is 0. The number of aryl methyl sites for hydroxylation is 1. The largest absolute Gasteiger partial charge is 0.336 e. The van der Waals surface area contributed by atoms with E-state index in [1.54, 1.807) is 31.5 Å². The van der Waals surface area contributed by atoms with E-state index < -0.39 is 4.92 Å². The van der Waals surface area contributed by atoms with E-state index in [1.165, 1.54) is 27.8 Å². The Balaban J connectivity index is 1.51. The van der Waals surface area contributed by atoms with Crippen molar-refractivity contribution >= 4 is 22.5 Å². The van der Waals surface area contributed by atoms with Gasteiger partial charge in [0.05, 0.1) is 21.5 Å². The first-order valence-electron chi connectivity index (χ1n) is 9.97. The number of hydrogen-bond acceptors (Lipinski definition) is 6. The van der Waals surface area contributed by atoms with Gasteiger partial charge in [-0.25, -0.2) is 9.97 Å². The highest BCUT2D eigenvalue weighted by molar-refractivity contribution is 5.78. The molecule has 154 valence electrons. The smallest absolute Gasteiger partial charge is 0.269 e. The van der Waals surface area contributed by atoms with E-state index in [-0.39, 0.29) is 11.2 Å². The summed E-state index contributed by atoms with van der Waals surface area (Å²) in [6.07, 6.45) is 4.15. The third kappa shape index (κ3) is 3.31. The van der Waals surface area contributed by atoms with E-state index >= 15 is 0 Å². The zero-order valence-corrected chi connectivity index (χ0v) is 16.9. The Morgan fingerprint density at radius 2 is 1.90 bits per heavy atom. The number of pyridine rings is 1. The maximum atomic E-state index is 13.1. The Labute approximate surface area is 177 Å². The molecule has 0 fully saturated rings. The van der Waals surface area contributed by atoms with Gasteiger partial charge in [0, 0.05) is 37.6 Å². The van der Waals surface area contributed by atoms with E-state index in [9.17, 15) is 14.9 Å². The second-order valence-corrected chi connectivity index (χ2v) is 7.63. The summed E-state index contributed by atoms with van der Waals surface area (Å²) in [5, 5.41) is 11.4. The summed E-state index contributed by atoms with van der Waals surface area (Å²) in [6.45, 7) is 3.30. The van der Waals surface area contributed by atoms with Crippen molar-refractivity contribution in [1.29, 1.82) is 0 Å². The van der Waals surface area contributed by atoms with E-state index in [0.717, 1.165) is 19.5 Å². The molecule has 0 bridgehead atoms. The van der Waals surface area contributed by atoms with Crippen LogP contribution in [0.2, 0.25) is 0 Å². The molecule has 0 spiro atoms. The van der Waals surface area contributed by atoms with Gasteiger partial charge in [-0.15, -0.1) is 0 Å². The lowest BCUT2D eigenvalue weighted by molar-refractivity contribution is -0.384. The van der Waals surface area contributed by atoms with Crippen LogP contribution in [0.1, 0.15) is 16.7 Å². The molecule has 4 aromatic rings. The van der Waals surface area contributed by atoms with Crippen molar-refractivity contribution in [1.82, 2.24) is 14.5 Å². The van der Waals surface area contributed by atoms with E-state index in [4.69, 9.17) is 0 Å². The van der Waals surface area contributed by atoms with Crippen LogP contribution in [0, 0.1) is 17.0 Å². The quantitative estimate of drug-likeness (QED) is 0.377. The Hall–Kier alpha value is -4.07. The number of anilines is 1. The van der Waals surface area contributed by atoms with Crippen LogP contribution in [-0.2, 0) is 13.0 Å². The standard InChI is InChI=1S/C23H19N5O3/c1-15-12-18(28(30)31)6-7-21(15)27-11-9-20-19(22(27)29)13-24-23(25-20)26-10-8-16-4-2-3-5-17(16)14-26/h2-7,9,11-13H,8,10,14H2,1H3. The van der Waals surface area contributed by atoms with Crippen molar-refractivity contribution in [3.63, 3.8) is 0 Å². The highest BCUT2D eigenvalue weighted by Gasteiger charge is 2.19. The number of hydrogen-bond donors (Lipinski definition) is 0. The molecule has 0 N–H and O–H groups in total. The third-order valence-corrected chi connectivity index (χ3v) is 5.70. The first-order valence-corrected chi connectivity index (χ1v) is 9.97. The second-order valence-electron chi connectivity index (χ2n) is 7.63. The predicted molar refractivity (Wildman–Crippen MR) is 118 cm³/mol. The van der Waals surface area contributed by atoms with E-state index in [2.05, 4.69) is 33.1 Å². The highest BCUT2D eigenvalue weighted by atomic mass is 16.6. The number of nitro benzene ring substituents is 1. The molecule has 1 aliphatic heterocycles.